The summed E-state index contributed by atoms with van der Waals surface area (Å²) in [6.07, 6.45) is 1.17. The summed E-state index contributed by atoms with van der Waals surface area (Å²) in [7, 11) is 0. The Hall–Kier alpha value is -1.55. The van der Waals surface area contributed by atoms with Crippen molar-refractivity contribution in [1.82, 2.24) is 10.2 Å². The highest BCUT2D eigenvalue weighted by atomic mass is 16.3. The number of carbonyl (C=O) groups is 1. The van der Waals surface area contributed by atoms with E-state index in [1.807, 2.05) is 11.8 Å². The lowest BCUT2D eigenvalue weighted by molar-refractivity contribution is 0.0782. The summed E-state index contributed by atoms with van der Waals surface area (Å²) in [5.74, 6) is 0.938. The molecule has 4 heteroatoms. The summed E-state index contributed by atoms with van der Waals surface area (Å²) in [5, 5.41) is 12.9. The topological polar surface area (TPSA) is 52.6 Å². The number of aryl methyl sites for hydroxylation is 1. The van der Waals surface area contributed by atoms with E-state index in [1.165, 1.54) is 6.42 Å². The first-order chi connectivity index (χ1) is 8.65. The second-order valence-corrected chi connectivity index (χ2v) is 5.32. The van der Waals surface area contributed by atoms with E-state index in [4.69, 9.17) is 0 Å². The Morgan fingerprint density at radius 2 is 2.28 bits per heavy atom. The Morgan fingerprint density at radius 1 is 1.44 bits per heavy atom. The van der Waals surface area contributed by atoms with E-state index in [9.17, 15) is 9.90 Å². The first kappa shape index (κ1) is 11.5. The monoisotopic (exact) mass is 246 g/mol. The number of amides is 1. The van der Waals surface area contributed by atoms with E-state index in [-0.39, 0.29) is 11.7 Å². The van der Waals surface area contributed by atoms with Crippen molar-refractivity contribution < 1.29 is 9.90 Å². The zero-order valence-corrected chi connectivity index (χ0v) is 10.5. The summed E-state index contributed by atoms with van der Waals surface area (Å²) in [6, 6.07) is 5.54. The molecule has 0 radical (unpaired) electrons. The molecule has 1 aromatic carbocycles. The second-order valence-electron chi connectivity index (χ2n) is 5.32. The molecule has 0 unspecified atom stereocenters. The van der Waals surface area contributed by atoms with E-state index in [0.717, 1.165) is 25.2 Å². The van der Waals surface area contributed by atoms with E-state index in [0.29, 0.717) is 17.5 Å². The fraction of sp³-hybridized carbons (Fsp3) is 0.500. The van der Waals surface area contributed by atoms with Crippen molar-refractivity contribution >= 4 is 5.91 Å². The van der Waals surface area contributed by atoms with Gasteiger partial charge in [-0.3, -0.25) is 4.79 Å². The molecule has 2 fully saturated rings. The molecular weight excluding hydrogens is 228 g/mol. The zero-order valence-electron chi connectivity index (χ0n) is 10.5. The maximum Gasteiger partial charge on any atom is 0.253 e. The summed E-state index contributed by atoms with van der Waals surface area (Å²) < 4.78 is 0. The molecule has 0 bridgehead atoms. The summed E-state index contributed by atoms with van der Waals surface area (Å²) in [6.45, 7) is 4.56. The van der Waals surface area contributed by atoms with Crippen molar-refractivity contribution in [2.45, 2.75) is 19.4 Å². The Balaban J connectivity index is 1.77. The van der Waals surface area contributed by atoms with Crippen LogP contribution in [0.5, 0.6) is 5.75 Å². The number of aromatic hydroxyl groups is 1. The third-order valence-electron chi connectivity index (χ3n) is 4.09. The Kier molecular flexibility index (Phi) is 2.74. The van der Waals surface area contributed by atoms with Crippen LogP contribution in [0.15, 0.2) is 18.2 Å². The van der Waals surface area contributed by atoms with E-state index >= 15 is 0 Å². The van der Waals surface area contributed by atoms with Gasteiger partial charge in [0.25, 0.3) is 5.91 Å². The highest BCUT2D eigenvalue weighted by Gasteiger charge is 2.38. The van der Waals surface area contributed by atoms with E-state index in [2.05, 4.69) is 5.32 Å². The van der Waals surface area contributed by atoms with Crippen LogP contribution in [0, 0.1) is 12.8 Å². The molecule has 2 atom stereocenters. The number of phenols is 1. The maximum atomic E-state index is 12.4. The highest BCUT2D eigenvalue weighted by Crippen LogP contribution is 2.26. The van der Waals surface area contributed by atoms with Gasteiger partial charge in [0.15, 0.2) is 0 Å². The quantitative estimate of drug-likeness (QED) is 0.781. The lowest BCUT2D eigenvalue weighted by atomic mass is 10.1. The largest absolute Gasteiger partial charge is 0.508 e. The second kappa shape index (κ2) is 4.28. The molecule has 2 aliphatic rings. The van der Waals surface area contributed by atoms with Crippen molar-refractivity contribution in [1.29, 1.82) is 0 Å². The molecule has 2 heterocycles. The number of hydrogen-bond acceptors (Lipinski definition) is 3. The predicted octanol–water partition coefficient (Wildman–Crippen LogP) is 1.13. The molecule has 2 saturated heterocycles. The van der Waals surface area contributed by atoms with Crippen molar-refractivity contribution in [3.63, 3.8) is 0 Å². The number of rotatable bonds is 1. The van der Waals surface area contributed by atoms with Gasteiger partial charge >= 0.3 is 0 Å². The molecule has 0 spiro atoms. The van der Waals surface area contributed by atoms with Crippen LogP contribution in [-0.4, -0.2) is 41.6 Å². The number of carbonyl (C=O) groups excluding carboxylic acids is 1. The highest BCUT2D eigenvalue weighted by molar-refractivity contribution is 5.94. The van der Waals surface area contributed by atoms with E-state index < -0.39 is 0 Å². The minimum atomic E-state index is 0.0781. The number of nitrogens with zero attached hydrogens (tertiary/aromatic N) is 1. The first-order valence-electron chi connectivity index (χ1n) is 6.47. The molecule has 96 valence electrons. The third kappa shape index (κ3) is 1.86. The normalized spacial score (nSPS) is 26.4. The standard InChI is InChI=1S/C14H18N2O2/c1-9-6-10(2-3-13(9)17)14(18)16-7-11-4-5-15-12(11)8-16/h2-3,6,11-12,15,17H,4-5,7-8H2,1H3/t11-,12+/m0/s1. The smallest absolute Gasteiger partial charge is 0.253 e. The molecule has 0 saturated carbocycles. The van der Waals surface area contributed by atoms with Gasteiger partial charge in [-0.2, -0.15) is 0 Å². The van der Waals surface area contributed by atoms with Crippen LogP contribution < -0.4 is 5.32 Å². The lowest BCUT2D eigenvalue weighted by Crippen LogP contribution is -2.33. The molecule has 18 heavy (non-hydrogen) atoms. The molecule has 1 aromatic rings. The fourth-order valence-corrected chi connectivity index (χ4v) is 2.99. The van der Waals surface area contributed by atoms with Gasteiger partial charge in [-0.25, -0.2) is 0 Å². The van der Waals surface area contributed by atoms with Crippen LogP contribution in [0.3, 0.4) is 0 Å². The number of hydrogen-bond donors (Lipinski definition) is 2. The van der Waals surface area contributed by atoms with E-state index in [1.54, 1.807) is 18.2 Å². The SMILES string of the molecule is Cc1cc(C(=O)N2C[C@@H]3CCN[C@@H]3C2)ccc1O. The zero-order chi connectivity index (χ0) is 12.7. The molecule has 2 aliphatic heterocycles. The van der Waals surface area contributed by atoms with Crippen molar-refractivity contribution in [2.24, 2.45) is 5.92 Å². The van der Waals surface area contributed by atoms with Crippen molar-refractivity contribution in [2.75, 3.05) is 19.6 Å². The van der Waals surface area contributed by atoms with Gasteiger partial charge in [0.2, 0.25) is 0 Å². The molecule has 0 aromatic heterocycles. The maximum absolute atomic E-state index is 12.4. The van der Waals surface area contributed by atoms with Crippen molar-refractivity contribution in [3.05, 3.63) is 29.3 Å². The predicted molar refractivity (Wildman–Crippen MR) is 68.6 cm³/mol. The summed E-state index contributed by atoms with van der Waals surface area (Å²) in [5.41, 5.74) is 1.42. The van der Waals surface area contributed by atoms with Gasteiger partial charge < -0.3 is 15.3 Å². The molecule has 2 N–H and O–H groups in total. The van der Waals surface area contributed by atoms with Gasteiger partial charge in [0.05, 0.1) is 0 Å². The number of phenolic OH excluding ortho intramolecular Hbond substituents is 1. The number of nitrogens with one attached hydrogen (secondary N) is 1. The lowest BCUT2D eigenvalue weighted by Gasteiger charge is -2.17. The minimum absolute atomic E-state index is 0.0781. The fourth-order valence-electron chi connectivity index (χ4n) is 2.99. The van der Waals surface area contributed by atoms with Gasteiger partial charge in [-0.05, 0) is 49.6 Å². The van der Waals surface area contributed by atoms with Crippen LogP contribution in [-0.2, 0) is 0 Å². The average molecular weight is 246 g/mol. The van der Waals surface area contributed by atoms with Gasteiger partial charge in [0.1, 0.15) is 5.75 Å². The summed E-state index contributed by atoms with van der Waals surface area (Å²) in [4.78, 5) is 14.3. The summed E-state index contributed by atoms with van der Waals surface area (Å²) >= 11 is 0. The van der Waals surface area contributed by atoms with Crippen LogP contribution >= 0.6 is 0 Å². The number of benzene rings is 1. The Labute approximate surface area is 107 Å². The minimum Gasteiger partial charge on any atom is -0.508 e. The molecule has 0 aliphatic carbocycles. The first-order valence-corrected chi connectivity index (χ1v) is 6.47. The van der Waals surface area contributed by atoms with Gasteiger partial charge in [-0.1, -0.05) is 0 Å². The third-order valence-corrected chi connectivity index (χ3v) is 4.09. The molecule has 3 rings (SSSR count). The van der Waals surface area contributed by atoms with Crippen molar-refractivity contribution in [3.8, 4) is 5.75 Å². The molecule has 4 nitrogen and oxygen atoms in total. The Morgan fingerprint density at radius 3 is 3.00 bits per heavy atom. The average Bonchev–Trinajstić information content (AvgIpc) is 2.92. The van der Waals surface area contributed by atoms with Crippen LogP contribution in [0.2, 0.25) is 0 Å². The molecule has 1 amide bonds. The number of likely N-dealkylation sites (tertiary alicyclic amines) is 1. The number of fused-ring (bicyclic) bond motifs is 1. The van der Waals surface area contributed by atoms with Gasteiger partial charge in [-0.15, -0.1) is 0 Å². The Bertz CT molecular complexity index is 475. The van der Waals surface area contributed by atoms with Gasteiger partial charge in [0, 0.05) is 24.7 Å². The van der Waals surface area contributed by atoms with Crippen LogP contribution in [0.1, 0.15) is 22.3 Å². The molecular formula is C14H18N2O2. The van der Waals surface area contributed by atoms with Crippen LogP contribution in [0.4, 0.5) is 0 Å². The van der Waals surface area contributed by atoms with Crippen LogP contribution in [0.25, 0.3) is 0 Å².